The van der Waals surface area contributed by atoms with Gasteiger partial charge in [-0.05, 0) is 18.4 Å². The fourth-order valence-corrected chi connectivity index (χ4v) is 4.26. The van der Waals surface area contributed by atoms with Gasteiger partial charge in [-0.2, -0.15) is 0 Å². The van der Waals surface area contributed by atoms with Gasteiger partial charge in [0.05, 0.1) is 28.9 Å². The molecule has 0 bridgehead atoms. The predicted octanol–water partition coefficient (Wildman–Crippen LogP) is 4.69. The minimum Gasteiger partial charge on any atom is -0.481 e. The van der Waals surface area contributed by atoms with Crippen LogP contribution in [-0.4, -0.2) is 28.2 Å². The van der Waals surface area contributed by atoms with Gasteiger partial charge in [-0.25, -0.2) is 13.8 Å². The Hall–Kier alpha value is -2.52. The molecular formula is C19H16F2N2O3S2. The molecule has 2 aromatic carbocycles. The molecule has 1 heterocycles. The summed E-state index contributed by atoms with van der Waals surface area (Å²) in [6.45, 7) is 0.0381. The van der Waals surface area contributed by atoms with Gasteiger partial charge in [0.2, 0.25) is 5.91 Å². The maximum atomic E-state index is 14.0. The summed E-state index contributed by atoms with van der Waals surface area (Å²) in [6, 6.07) is 9.17. The summed E-state index contributed by atoms with van der Waals surface area (Å²) in [7, 11) is 0. The number of amides is 1. The van der Waals surface area contributed by atoms with E-state index < -0.39 is 17.6 Å². The van der Waals surface area contributed by atoms with Gasteiger partial charge in [0.1, 0.15) is 16.6 Å². The van der Waals surface area contributed by atoms with Crippen LogP contribution in [0.25, 0.3) is 10.2 Å². The van der Waals surface area contributed by atoms with E-state index in [1.807, 2.05) is 18.4 Å². The Labute approximate surface area is 168 Å². The van der Waals surface area contributed by atoms with Gasteiger partial charge in [0.25, 0.3) is 0 Å². The van der Waals surface area contributed by atoms with Crippen molar-refractivity contribution in [2.24, 2.45) is 0 Å². The number of rotatable bonds is 7. The first-order valence-corrected chi connectivity index (χ1v) is 10.3. The summed E-state index contributed by atoms with van der Waals surface area (Å²) in [5.74, 6) is -2.87. The fraction of sp³-hybridized carbons (Fsp3) is 0.211. The monoisotopic (exact) mass is 422 g/mol. The van der Waals surface area contributed by atoms with E-state index in [1.165, 1.54) is 16.7 Å². The number of thioether (sulfide) groups is 1. The van der Waals surface area contributed by atoms with E-state index in [9.17, 15) is 18.4 Å². The first-order chi connectivity index (χ1) is 13.4. The van der Waals surface area contributed by atoms with Crippen molar-refractivity contribution >= 4 is 50.9 Å². The van der Waals surface area contributed by atoms with Crippen molar-refractivity contribution in [3.63, 3.8) is 0 Å². The average Bonchev–Trinajstić information content (AvgIpc) is 3.07. The highest BCUT2D eigenvalue weighted by Gasteiger charge is 2.22. The summed E-state index contributed by atoms with van der Waals surface area (Å²) in [6.07, 6.45) is 1.40. The molecule has 0 unspecified atom stereocenters. The normalized spacial score (nSPS) is 11.0. The number of hydrogen-bond donors (Lipinski definition) is 1. The van der Waals surface area contributed by atoms with Crippen LogP contribution in [0.5, 0.6) is 0 Å². The highest BCUT2D eigenvalue weighted by molar-refractivity contribution is 7.98. The number of fused-ring (bicyclic) bond motifs is 1. The van der Waals surface area contributed by atoms with Gasteiger partial charge < -0.3 is 10.0 Å². The Bertz CT molecular complexity index is 1040. The highest BCUT2D eigenvalue weighted by Crippen LogP contribution is 2.32. The van der Waals surface area contributed by atoms with Crippen molar-refractivity contribution in [2.45, 2.75) is 24.3 Å². The van der Waals surface area contributed by atoms with E-state index in [0.717, 1.165) is 28.4 Å². The molecule has 28 heavy (non-hydrogen) atoms. The summed E-state index contributed by atoms with van der Waals surface area (Å²) in [5, 5.41) is 9.32. The second-order valence-electron chi connectivity index (χ2n) is 5.89. The lowest BCUT2D eigenvalue weighted by molar-refractivity contribution is -0.138. The molecule has 0 radical (unpaired) electrons. The number of thiazole rings is 1. The van der Waals surface area contributed by atoms with Gasteiger partial charge >= 0.3 is 5.97 Å². The van der Waals surface area contributed by atoms with E-state index in [-0.39, 0.29) is 35.5 Å². The van der Waals surface area contributed by atoms with Crippen molar-refractivity contribution in [3.05, 3.63) is 53.0 Å². The predicted molar refractivity (Wildman–Crippen MR) is 106 cm³/mol. The molecule has 3 rings (SSSR count). The Balaban J connectivity index is 1.98. The van der Waals surface area contributed by atoms with Crippen LogP contribution in [0, 0.1) is 11.6 Å². The lowest BCUT2D eigenvalue weighted by Crippen LogP contribution is -2.31. The van der Waals surface area contributed by atoms with Crippen LogP contribution in [-0.2, 0) is 16.1 Å². The topological polar surface area (TPSA) is 70.5 Å². The highest BCUT2D eigenvalue weighted by atomic mass is 32.2. The maximum absolute atomic E-state index is 14.0. The Kier molecular flexibility index (Phi) is 6.25. The number of carbonyl (C=O) groups is 2. The Morgan fingerprint density at radius 3 is 2.68 bits per heavy atom. The Morgan fingerprint density at radius 2 is 1.96 bits per heavy atom. The summed E-state index contributed by atoms with van der Waals surface area (Å²) < 4.78 is 27.6. The van der Waals surface area contributed by atoms with E-state index in [2.05, 4.69) is 4.98 Å². The van der Waals surface area contributed by atoms with E-state index >= 15 is 0 Å². The van der Waals surface area contributed by atoms with Gasteiger partial charge in [-0.1, -0.05) is 12.1 Å². The van der Waals surface area contributed by atoms with E-state index in [4.69, 9.17) is 5.11 Å². The molecule has 0 saturated carbocycles. The minimum absolute atomic E-state index is 0.0381. The minimum atomic E-state index is -1.07. The SMILES string of the molecule is CSc1ccccc1N(Cc1nc2cc(F)cc(F)c2s1)C(=O)CCC(=O)O. The molecule has 0 atom stereocenters. The zero-order valence-corrected chi connectivity index (χ0v) is 16.4. The third kappa shape index (κ3) is 4.48. The van der Waals surface area contributed by atoms with Crippen molar-refractivity contribution in [1.29, 1.82) is 0 Å². The molecule has 0 aliphatic heterocycles. The molecule has 146 valence electrons. The number of hydrogen-bond acceptors (Lipinski definition) is 5. The molecule has 0 spiro atoms. The van der Waals surface area contributed by atoms with Crippen LogP contribution in [0.3, 0.4) is 0 Å². The number of carboxylic acid groups (broad SMARTS) is 1. The molecule has 1 N–H and O–H groups in total. The number of anilines is 1. The average molecular weight is 422 g/mol. The molecule has 1 amide bonds. The van der Waals surface area contributed by atoms with Gasteiger partial charge in [-0.15, -0.1) is 23.1 Å². The third-order valence-corrected chi connectivity index (χ3v) is 5.83. The number of aliphatic carboxylic acids is 1. The standard InChI is InChI=1S/C19H16F2N2O3S2/c1-27-15-5-3-2-4-14(15)23(17(24)6-7-18(25)26)10-16-22-13-9-11(20)8-12(21)19(13)28-16/h2-5,8-9H,6-7,10H2,1H3,(H,25,26). The fourth-order valence-electron chi connectivity index (χ4n) is 2.72. The Morgan fingerprint density at radius 1 is 1.21 bits per heavy atom. The lowest BCUT2D eigenvalue weighted by atomic mass is 10.2. The largest absolute Gasteiger partial charge is 0.481 e. The molecule has 9 heteroatoms. The number of carbonyl (C=O) groups excluding carboxylic acids is 1. The lowest BCUT2D eigenvalue weighted by Gasteiger charge is -2.23. The molecule has 3 aromatic rings. The smallest absolute Gasteiger partial charge is 0.303 e. The van der Waals surface area contributed by atoms with Gasteiger partial charge in [0, 0.05) is 23.4 Å². The zero-order valence-electron chi connectivity index (χ0n) is 14.8. The van der Waals surface area contributed by atoms with Crippen LogP contribution in [0.1, 0.15) is 17.8 Å². The molecule has 0 fully saturated rings. The second-order valence-corrected chi connectivity index (χ2v) is 7.82. The van der Waals surface area contributed by atoms with E-state index in [1.54, 1.807) is 12.1 Å². The first-order valence-electron chi connectivity index (χ1n) is 8.28. The van der Waals surface area contributed by atoms with Crippen molar-refractivity contribution in [2.75, 3.05) is 11.2 Å². The molecular weight excluding hydrogens is 406 g/mol. The van der Waals surface area contributed by atoms with Gasteiger partial charge in [-0.3, -0.25) is 9.59 Å². The summed E-state index contributed by atoms with van der Waals surface area (Å²) in [4.78, 5) is 30.2. The summed E-state index contributed by atoms with van der Waals surface area (Å²) in [5.41, 5.74) is 0.810. The quantitative estimate of drug-likeness (QED) is 0.559. The molecule has 1 aromatic heterocycles. The maximum Gasteiger partial charge on any atom is 0.303 e. The number of benzene rings is 2. The number of nitrogens with zero attached hydrogens (tertiary/aromatic N) is 2. The number of aromatic nitrogens is 1. The third-order valence-electron chi connectivity index (χ3n) is 3.98. The van der Waals surface area contributed by atoms with Gasteiger partial charge in [0.15, 0.2) is 0 Å². The molecule has 5 nitrogen and oxygen atoms in total. The summed E-state index contributed by atoms with van der Waals surface area (Å²) >= 11 is 2.49. The first kappa shape index (κ1) is 20.2. The number of carboxylic acids is 1. The van der Waals surface area contributed by atoms with Crippen LogP contribution in [0.2, 0.25) is 0 Å². The van der Waals surface area contributed by atoms with E-state index in [0.29, 0.717) is 10.7 Å². The number of para-hydroxylation sites is 1. The molecule has 0 aliphatic carbocycles. The van der Waals surface area contributed by atoms with Crippen LogP contribution < -0.4 is 4.90 Å². The molecule has 0 saturated heterocycles. The molecule has 0 aliphatic rings. The van der Waals surface area contributed by atoms with Crippen molar-refractivity contribution in [3.8, 4) is 0 Å². The number of halogens is 2. The van der Waals surface area contributed by atoms with Crippen LogP contribution >= 0.6 is 23.1 Å². The van der Waals surface area contributed by atoms with Crippen molar-refractivity contribution < 1.29 is 23.5 Å². The van der Waals surface area contributed by atoms with Crippen molar-refractivity contribution in [1.82, 2.24) is 4.98 Å². The zero-order chi connectivity index (χ0) is 20.3. The van der Waals surface area contributed by atoms with Crippen LogP contribution in [0.4, 0.5) is 14.5 Å². The second kappa shape index (κ2) is 8.66. The van der Waals surface area contributed by atoms with Crippen LogP contribution in [0.15, 0.2) is 41.3 Å².